The molecular formula is C25H33N5O2. The van der Waals surface area contributed by atoms with Gasteiger partial charge in [0, 0.05) is 25.3 Å². The van der Waals surface area contributed by atoms with Crippen LogP contribution < -0.4 is 15.5 Å². The number of fused-ring (bicyclic) bond motifs is 2. The third kappa shape index (κ3) is 4.63. The van der Waals surface area contributed by atoms with Gasteiger partial charge >= 0.3 is 6.03 Å². The van der Waals surface area contributed by atoms with Gasteiger partial charge in [0.2, 0.25) is 0 Å². The molecule has 1 aromatic carbocycles. The summed E-state index contributed by atoms with van der Waals surface area (Å²) >= 11 is 0. The Morgan fingerprint density at radius 3 is 2.84 bits per heavy atom. The summed E-state index contributed by atoms with van der Waals surface area (Å²) in [6, 6.07) is 11.1. The Morgan fingerprint density at radius 2 is 2.03 bits per heavy atom. The number of amides is 3. The number of urea groups is 1. The fourth-order valence-corrected chi connectivity index (χ4v) is 4.40. The molecule has 0 aliphatic carbocycles. The van der Waals surface area contributed by atoms with Crippen LogP contribution >= 0.6 is 0 Å². The Morgan fingerprint density at radius 1 is 1.22 bits per heavy atom. The molecule has 2 aromatic rings. The molecule has 170 valence electrons. The van der Waals surface area contributed by atoms with E-state index in [1.807, 2.05) is 23.1 Å². The van der Waals surface area contributed by atoms with Crippen LogP contribution in [0.5, 0.6) is 0 Å². The van der Waals surface area contributed by atoms with Crippen molar-refractivity contribution in [3.05, 3.63) is 48.2 Å². The average molecular weight is 436 g/mol. The first-order valence-corrected chi connectivity index (χ1v) is 11.6. The monoisotopic (exact) mass is 435 g/mol. The molecule has 1 fully saturated rings. The van der Waals surface area contributed by atoms with Crippen LogP contribution in [0.3, 0.4) is 0 Å². The van der Waals surface area contributed by atoms with E-state index in [2.05, 4.69) is 36.4 Å². The number of likely N-dealkylation sites (tertiary alicyclic amines) is 1. The van der Waals surface area contributed by atoms with E-state index in [4.69, 9.17) is 0 Å². The van der Waals surface area contributed by atoms with Crippen LogP contribution in [0.15, 0.2) is 42.6 Å². The topological polar surface area (TPSA) is 77.6 Å². The Hall–Kier alpha value is -2.93. The largest absolute Gasteiger partial charge is 0.330 e. The van der Waals surface area contributed by atoms with Crippen LogP contribution in [0.4, 0.5) is 22.0 Å². The van der Waals surface area contributed by atoms with E-state index in [1.54, 1.807) is 29.3 Å². The molecule has 1 saturated heterocycles. The van der Waals surface area contributed by atoms with Crippen molar-refractivity contribution in [2.75, 3.05) is 29.9 Å². The van der Waals surface area contributed by atoms with E-state index >= 15 is 0 Å². The SMILES string of the molecule is CC(C)C(C)NCCC1CCCN(C(=O)N2c3ccccc3C(=O)Nc3cccnc32)C1. The van der Waals surface area contributed by atoms with Crippen LogP contribution in [0.1, 0.15) is 50.4 Å². The van der Waals surface area contributed by atoms with Gasteiger partial charge in [-0.05, 0) is 68.8 Å². The van der Waals surface area contributed by atoms with E-state index < -0.39 is 0 Å². The highest BCUT2D eigenvalue weighted by Crippen LogP contribution is 2.37. The van der Waals surface area contributed by atoms with Crippen molar-refractivity contribution >= 4 is 29.1 Å². The molecule has 3 amide bonds. The summed E-state index contributed by atoms with van der Waals surface area (Å²) in [5.41, 5.74) is 1.59. The van der Waals surface area contributed by atoms with Gasteiger partial charge in [-0.25, -0.2) is 14.7 Å². The summed E-state index contributed by atoms with van der Waals surface area (Å²) in [5.74, 6) is 1.30. The fourth-order valence-electron chi connectivity index (χ4n) is 4.40. The number of benzene rings is 1. The number of pyridine rings is 1. The van der Waals surface area contributed by atoms with Crippen LogP contribution in [-0.4, -0.2) is 47.5 Å². The smallest absolute Gasteiger partial charge is 0.324 e. The molecule has 2 N–H and O–H groups in total. The van der Waals surface area contributed by atoms with Crippen LogP contribution in [0.2, 0.25) is 0 Å². The van der Waals surface area contributed by atoms with Crippen molar-refractivity contribution in [3.8, 4) is 0 Å². The van der Waals surface area contributed by atoms with Crippen molar-refractivity contribution in [3.63, 3.8) is 0 Å². The fraction of sp³-hybridized carbons (Fsp3) is 0.480. The van der Waals surface area contributed by atoms with Gasteiger partial charge in [0.1, 0.15) is 0 Å². The highest BCUT2D eigenvalue weighted by molar-refractivity contribution is 6.16. The quantitative estimate of drug-likeness (QED) is 0.717. The Kier molecular flexibility index (Phi) is 6.74. The molecule has 2 atom stereocenters. The van der Waals surface area contributed by atoms with E-state index in [1.165, 1.54) is 0 Å². The highest BCUT2D eigenvalue weighted by atomic mass is 16.2. The average Bonchev–Trinajstić information content (AvgIpc) is 2.92. The number of hydrogen-bond acceptors (Lipinski definition) is 4. The summed E-state index contributed by atoms with van der Waals surface area (Å²) in [4.78, 5) is 34.6. The molecule has 7 heteroatoms. The maximum Gasteiger partial charge on any atom is 0.330 e. The lowest BCUT2D eigenvalue weighted by Crippen LogP contribution is -2.47. The highest BCUT2D eigenvalue weighted by Gasteiger charge is 2.34. The number of para-hydroxylation sites is 1. The van der Waals surface area contributed by atoms with Gasteiger partial charge in [-0.3, -0.25) is 4.79 Å². The lowest BCUT2D eigenvalue weighted by atomic mass is 9.94. The van der Waals surface area contributed by atoms with Crippen molar-refractivity contribution in [1.82, 2.24) is 15.2 Å². The predicted molar refractivity (Wildman–Crippen MR) is 127 cm³/mol. The first-order valence-electron chi connectivity index (χ1n) is 11.6. The Balaban J connectivity index is 1.55. The number of carbonyl (C=O) groups excluding carboxylic acids is 2. The van der Waals surface area contributed by atoms with Gasteiger partial charge in [0.25, 0.3) is 5.91 Å². The predicted octanol–water partition coefficient (Wildman–Crippen LogP) is 4.64. The molecule has 2 aliphatic rings. The molecule has 7 nitrogen and oxygen atoms in total. The standard InChI is InChI=1S/C25H33N5O2/c1-17(2)18(3)26-14-12-19-8-7-15-29(16-19)25(32)30-22-11-5-4-9-20(22)24(31)28-21-10-6-13-27-23(21)30/h4-6,9-11,13,17-19,26H,7-8,12,14-16H2,1-3H3,(H,28,31). The zero-order valence-corrected chi connectivity index (χ0v) is 19.2. The summed E-state index contributed by atoms with van der Waals surface area (Å²) in [6.45, 7) is 9.07. The van der Waals surface area contributed by atoms with Gasteiger partial charge in [-0.15, -0.1) is 0 Å². The molecule has 3 heterocycles. The molecule has 2 unspecified atom stereocenters. The molecule has 4 rings (SSSR count). The molecular weight excluding hydrogens is 402 g/mol. The minimum absolute atomic E-state index is 0.123. The number of hydrogen-bond donors (Lipinski definition) is 2. The molecule has 32 heavy (non-hydrogen) atoms. The lowest BCUT2D eigenvalue weighted by Gasteiger charge is -2.36. The van der Waals surface area contributed by atoms with Crippen LogP contribution in [0, 0.1) is 11.8 Å². The van der Waals surface area contributed by atoms with E-state index in [0.717, 1.165) is 32.4 Å². The second kappa shape index (κ2) is 9.69. The Bertz CT molecular complexity index is 976. The van der Waals surface area contributed by atoms with Gasteiger partial charge in [0.15, 0.2) is 5.82 Å². The lowest BCUT2D eigenvalue weighted by molar-refractivity contribution is 0.102. The number of piperidine rings is 1. The van der Waals surface area contributed by atoms with Gasteiger partial charge in [-0.1, -0.05) is 26.0 Å². The number of rotatable bonds is 5. The van der Waals surface area contributed by atoms with Crippen LogP contribution in [0.25, 0.3) is 0 Å². The molecule has 2 aliphatic heterocycles. The third-order valence-electron chi connectivity index (χ3n) is 6.64. The molecule has 0 radical (unpaired) electrons. The number of anilines is 3. The van der Waals surface area contributed by atoms with Crippen LogP contribution in [-0.2, 0) is 0 Å². The number of nitrogens with one attached hydrogen (secondary N) is 2. The molecule has 0 saturated carbocycles. The van der Waals surface area contributed by atoms with Gasteiger partial charge in [-0.2, -0.15) is 0 Å². The first kappa shape index (κ1) is 22.3. The van der Waals surface area contributed by atoms with Gasteiger partial charge < -0.3 is 15.5 Å². The second-order valence-electron chi connectivity index (χ2n) is 9.19. The summed E-state index contributed by atoms with van der Waals surface area (Å²) in [7, 11) is 0. The zero-order valence-electron chi connectivity index (χ0n) is 19.2. The number of carbonyl (C=O) groups is 2. The Labute approximate surface area is 190 Å². The minimum atomic E-state index is -0.230. The summed E-state index contributed by atoms with van der Waals surface area (Å²) in [5, 5.41) is 6.51. The maximum atomic E-state index is 13.8. The molecule has 0 bridgehead atoms. The normalized spacial score (nSPS) is 19.1. The third-order valence-corrected chi connectivity index (χ3v) is 6.64. The number of nitrogens with zero attached hydrogens (tertiary/aromatic N) is 3. The van der Waals surface area contributed by atoms with E-state index in [0.29, 0.717) is 47.2 Å². The second-order valence-corrected chi connectivity index (χ2v) is 9.19. The van der Waals surface area contributed by atoms with E-state index in [9.17, 15) is 9.59 Å². The van der Waals surface area contributed by atoms with Crippen molar-refractivity contribution in [1.29, 1.82) is 0 Å². The zero-order chi connectivity index (χ0) is 22.7. The first-order chi connectivity index (χ1) is 15.5. The molecule has 1 aromatic heterocycles. The van der Waals surface area contributed by atoms with Gasteiger partial charge in [0.05, 0.1) is 16.9 Å². The van der Waals surface area contributed by atoms with Crippen molar-refractivity contribution in [2.24, 2.45) is 11.8 Å². The summed E-state index contributed by atoms with van der Waals surface area (Å²) < 4.78 is 0. The summed E-state index contributed by atoms with van der Waals surface area (Å²) in [6.07, 6.45) is 4.82. The molecule has 0 spiro atoms. The van der Waals surface area contributed by atoms with Crippen molar-refractivity contribution < 1.29 is 9.59 Å². The van der Waals surface area contributed by atoms with E-state index in [-0.39, 0.29) is 11.9 Å². The number of aromatic nitrogens is 1. The maximum absolute atomic E-state index is 13.8. The van der Waals surface area contributed by atoms with Crippen molar-refractivity contribution in [2.45, 2.75) is 46.1 Å². The minimum Gasteiger partial charge on any atom is -0.324 e.